The Morgan fingerprint density at radius 3 is 2.85 bits per heavy atom. The molecule has 0 fully saturated rings. The molecule has 0 amide bonds. The van der Waals surface area contributed by atoms with Gasteiger partial charge in [0.15, 0.2) is 0 Å². The third-order valence-corrected chi connectivity index (χ3v) is 3.26. The van der Waals surface area contributed by atoms with Crippen LogP contribution in [0.2, 0.25) is 0 Å². The first-order chi connectivity index (χ1) is 9.88. The molecule has 1 N–H and O–H groups in total. The Morgan fingerprint density at radius 1 is 1.05 bits per heavy atom. The lowest BCUT2D eigenvalue weighted by atomic mass is 10.0. The van der Waals surface area contributed by atoms with Gasteiger partial charge in [-0.1, -0.05) is 31.2 Å². The molecule has 0 aliphatic rings. The molecule has 1 aromatic carbocycles. The summed E-state index contributed by atoms with van der Waals surface area (Å²) in [7, 11) is 0. The number of aromatic nitrogens is 2. The van der Waals surface area contributed by atoms with Crippen LogP contribution < -0.4 is 5.32 Å². The van der Waals surface area contributed by atoms with Crippen LogP contribution in [-0.4, -0.2) is 16.5 Å². The maximum absolute atomic E-state index is 4.69. The quantitative estimate of drug-likeness (QED) is 0.769. The van der Waals surface area contributed by atoms with E-state index in [1.54, 1.807) is 0 Å². The summed E-state index contributed by atoms with van der Waals surface area (Å²) in [5.74, 6) is 0.922. The lowest BCUT2D eigenvalue weighted by molar-refractivity contribution is 0.970. The predicted octanol–water partition coefficient (Wildman–Crippen LogP) is 4.12. The first kappa shape index (κ1) is 12.6. The van der Waals surface area contributed by atoms with Gasteiger partial charge in [0, 0.05) is 29.9 Å². The highest BCUT2D eigenvalue weighted by Crippen LogP contribution is 2.27. The molecule has 100 valence electrons. The van der Waals surface area contributed by atoms with E-state index in [1.165, 1.54) is 5.39 Å². The van der Waals surface area contributed by atoms with Crippen molar-refractivity contribution < 1.29 is 0 Å². The first-order valence-electron chi connectivity index (χ1n) is 6.92. The van der Waals surface area contributed by atoms with Gasteiger partial charge in [0.2, 0.25) is 0 Å². The molecule has 20 heavy (non-hydrogen) atoms. The Kier molecular flexibility index (Phi) is 3.59. The zero-order chi connectivity index (χ0) is 13.8. The van der Waals surface area contributed by atoms with Gasteiger partial charge in [-0.15, -0.1) is 0 Å². The number of nitrogens with one attached hydrogen (secondary N) is 1. The summed E-state index contributed by atoms with van der Waals surface area (Å²) in [6.45, 7) is 3.08. The van der Waals surface area contributed by atoms with E-state index in [2.05, 4.69) is 35.4 Å². The molecule has 0 saturated carbocycles. The first-order valence-corrected chi connectivity index (χ1v) is 6.92. The van der Waals surface area contributed by atoms with Crippen molar-refractivity contribution in [3.63, 3.8) is 0 Å². The van der Waals surface area contributed by atoms with Crippen LogP contribution in [0.4, 0.5) is 5.82 Å². The van der Waals surface area contributed by atoms with Gasteiger partial charge in [0.25, 0.3) is 0 Å². The number of benzene rings is 1. The average molecular weight is 263 g/mol. The molecule has 3 nitrogen and oxygen atoms in total. The van der Waals surface area contributed by atoms with Crippen molar-refractivity contribution in [3.05, 3.63) is 54.9 Å². The zero-order valence-corrected chi connectivity index (χ0v) is 11.5. The maximum atomic E-state index is 4.69. The van der Waals surface area contributed by atoms with Crippen molar-refractivity contribution in [1.82, 2.24) is 9.97 Å². The van der Waals surface area contributed by atoms with Gasteiger partial charge < -0.3 is 5.32 Å². The van der Waals surface area contributed by atoms with Crippen molar-refractivity contribution in [2.75, 3.05) is 11.9 Å². The van der Waals surface area contributed by atoms with E-state index in [0.29, 0.717) is 0 Å². The Hall–Kier alpha value is -2.42. The van der Waals surface area contributed by atoms with Gasteiger partial charge >= 0.3 is 0 Å². The number of pyridine rings is 2. The van der Waals surface area contributed by atoms with E-state index in [4.69, 9.17) is 4.98 Å². The molecule has 0 atom stereocenters. The van der Waals surface area contributed by atoms with Crippen LogP contribution in [0, 0.1) is 0 Å². The molecular weight excluding hydrogens is 246 g/mol. The summed E-state index contributed by atoms with van der Waals surface area (Å²) in [5.41, 5.74) is 2.10. The van der Waals surface area contributed by atoms with Crippen LogP contribution in [0.3, 0.4) is 0 Å². The minimum absolute atomic E-state index is 0.922. The van der Waals surface area contributed by atoms with Crippen molar-refractivity contribution >= 4 is 16.6 Å². The second-order valence-corrected chi connectivity index (χ2v) is 4.74. The highest BCUT2D eigenvalue weighted by molar-refractivity contribution is 5.95. The minimum Gasteiger partial charge on any atom is -0.370 e. The molecule has 3 rings (SSSR count). The van der Waals surface area contributed by atoms with E-state index in [0.717, 1.165) is 35.4 Å². The summed E-state index contributed by atoms with van der Waals surface area (Å²) >= 11 is 0. The molecule has 0 aliphatic carbocycles. The van der Waals surface area contributed by atoms with Gasteiger partial charge in [-0.25, -0.2) is 4.98 Å². The molecule has 2 heterocycles. The molecule has 0 spiro atoms. The SMILES string of the molecule is CCCNc1cccc(-c2cccc3ccncc23)n1. The van der Waals surface area contributed by atoms with Gasteiger partial charge in [0.1, 0.15) is 5.82 Å². The van der Waals surface area contributed by atoms with E-state index >= 15 is 0 Å². The van der Waals surface area contributed by atoms with E-state index in [9.17, 15) is 0 Å². The molecule has 0 aliphatic heterocycles. The number of hydrogen-bond donors (Lipinski definition) is 1. The summed E-state index contributed by atoms with van der Waals surface area (Å²) in [4.78, 5) is 8.92. The molecular formula is C17H17N3. The van der Waals surface area contributed by atoms with Gasteiger partial charge in [-0.05, 0) is 30.0 Å². The number of anilines is 1. The Balaban J connectivity index is 2.06. The number of nitrogens with zero attached hydrogens (tertiary/aromatic N) is 2. The number of hydrogen-bond acceptors (Lipinski definition) is 3. The summed E-state index contributed by atoms with van der Waals surface area (Å²) in [5, 5.41) is 5.65. The molecule has 0 bridgehead atoms. The van der Waals surface area contributed by atoms with Crippen LogP contribution in [0.15, 0.2) is 54.9 Å². The smallest absolute Gasteiger partial charge is 0.126 e. The van der Waals surface area contributed by atoms with Gasteiger partial charge in [-0.3, -0.25) is 4.98 Å². The normalized spacial score (nSPS) is 10.7. The average Bonchev–Trinajstić information content (AvgIpc) is 2.52. The van der Waals surface area contributed by atoms with Crippen molar-refractivity contribution in [3.8, 4) is 11.3 Å². The second kappa shape index (κ2) is 5.70. The molecule has 2 aromatic heterocycles. The third kappa shape index (κ3) is 2.48. The van der Waals surface area contributed by atoms with Gasteiger partial charge in [-0.2, -0.15) is 0 Å². The monoisotopic (exact) mass is 263 g/mol. The molecule has 3 aromatic rings. The maximum Gasteiger partial charge on any atom is 0.126 e. The summed E-state index contributed by atoms with van der Waals surface area (Å²) < 4.78 is 0. The van der Waals surface area contributed by atoms with Gasteiger partial charge in [0.05, 0.1) is 5.69 Å². The van der Waals surface area contributed by atoms with Crippen LogP contribution in [-0.2, 0) is 0 Å². The Bertz CT molecular complexity index is 717. The fraction of sp³-hybridized carbons (Fsp3) is 0.176. The van der Waals surface area contributed by atoms with Crippen molar-refractivity contribution in [2.24, 2.45) is 0 Å². The highest BCUT2D eigenvalue weighted by Gasteiger charge is 2.05. The van der Waals surface area contributed by atoms with Crippen LogP contribution in [0.1, 0.15) is 13.3 Å². The van der Waals surface area contributed by atoms with Crippen LogP contribution in [0.25, 0.3) is 22.0 Å². The third-order valence-electron chi connectivity index (χ3n) is 3.26. The minimum atomic E-state index is 0.922. The summed E-state index contributed by atoms with van der Waals surface area (Å²) in [6.07, 6.45) is 4.81. The fourth-order valence-electron chi connectivity index (χ4n) is 2.27. The van der Waals surface area contributed by atoms with Crippen molar-refractivity contribution in [2.45, 2.75) is 13.3 Å². The topological polar surface area (TPSA) is 37.8 Å². The standard InChI is InChI=1S/C17H17N3/c1-2-10-19-17-8-4-7-16(20-17)14-6-3-5-13-9-11-18-12-15(13)14/h3-9,11-12H,2,10H2,1H3,(H,19,20). The Labute approximate surface area is 118 Å². The largest absolute Gasteiger partial charge is 0.370 e. The molecule has 0 unspecified atom stereocenters. The number of rotatable bonds is 4. The lowest BCUT2D eigenvalue weighted by Gasteiger charge is -2.08. The van der Waals surface area contributed by atoms with E-state index in [-0.39, 0.29) is 0 Å². The Morgan fingerprint density at radius 2 is 1.95 bits per heavy atom. The number of fused-ring (bicyclic) bond motifs is 1. The van der Waals surface area contributed by atoms with E-state index in [1.807, 2.05) is 36.7 Å². The zero-order valence-electron chi connectivity index (χ0n) is 11.5. The highest BCUT2D eigenvalue weighted by atomic mass is 15.0. The predicted molar refractivity (Wildman–Crippen MR) is 83.8 cm³/mol. The second-order valence-electron chi connectivity index (χ2n) is 4.74. The lowest BCUT2D eigenvalue weighted by Crippen LogP contribution is -2.02. The molecule has 3 heteroatoms. The summed E-state index contributed by atoms with van der Waals surface area (Å²) in [6, 6.07) is 14.4. The van der Waals surface area contributed by atoms with Crippen molar-refractivity contribution in [1.29, 1.82) is 0 Å². The molecule has 0 radical (unpaired) electrons. The fourth-order valence-corrected chi connectivity index (χ4v) is 2.27. The van der Waals surface area contributed by atoms with Crippen LogP contribution >= 0.6 is 0 Å². The molecule has 0 saturated heterocycles. The van der Waals surface area contributed by atoms with Crippen LogP contribution in [0.5, 0.6) is 0 Å². The van der Waals surface area contributed by atoms with E-state index < -0.39 is 0 Å².